The van der Waals surface area contributed by atoms with Crippen molar-refractivity contribution in [2.24, 2.45) is 7.05 Å². The number of benzene rings is 1. The Bertz CT molecular complexity index is 1450. The number of carbonyl (C=O) groups is 1. The molecule has 0 spiro atoms. The summed E-state index contributed by atoms with van der Waals surface area (Å²) in [4.78, 5) is 26.3. The van der Waals surface area contributed by atoms with Crippen LogP contribution in [0.1, 0.15) is 34.6 Å². The van der Waals surface area contributed by atoms with Gasteiger partial charge in [-0.2, -0.15) is 5.10 Å². The third kappa shape index (κ3) is 4.69. The lowest BCUT2D eigenvalue weighted by molar-refractivity contribution is 0.00566. The second-order valence-electron chi connectivity index (χ2n) is 10.6. The van der Waals surface area contributed by atoms with Crippen molar-refractivity contribution in [3.8, 4) is 11.3 Å². The van der Waals surface area contributed by atoms with E-state index < -0.39 is 5.60 Å². The highest BCUT2D eigenvalue weighted by Crippen LogP contribution is 2.32. The lowest BCUT2D eigenvalue weighted by Gasteiger charge is -2.45. The van der Waals surface area contributed by atoms with Crippen LogP contribution in [0, 0.1) is 0 Å². The Morgan fingerprint density at radius 1 is 1.11 bits per heavy atom. The number of hydrogen-bond acceptors (Lipinski definition) is 6. The molecular weight excluding hydrogens is 476 g/mol. The van der Waals surface area contributed by atoms with Gasteiger partial charge in [0.25, 0.3) is 0 Å². The fourth-order valence-corrected chi connectivity index (χ4v) is 5.14. The van der Waals surface area contributed by atoms with E-state index >= 15 is 0 Å². The highest BCUT2D eigenvalue weighted by Gasteiger charge is 2.35. The molecule has 2 atom stereocenters. The fraction of sp³-hybridized carbons (Fsp3) is 0.407. The number of ether oxygens (including phenoxy) is 1. The number of rotatable bonds is 2. The Morgan fingerprint density at radius 3 is 2.53 bits per heavy atom. The van der Waals surface area contributed by atoms with Crippen LogP contribution < -0.4 is 4.90 Å². The van der Waals surface area contributed by atoms with Crippen molar-refractivity contribution in [1.82, 2.24) is 24.6 Å². The van der Waals surface area contributed by atoms with E-state index in [0.717, 1.165) is 33.2 Å². The van der Waals surface area contributed by atoms with Gasteiger partial charge >= 0.3 is 6.09 Å². The first kappa shape index (κ1) is 24.3. The number of anilines is 1. The molecule has 188 valence electrons. The minimum absolute atomic E-state index is 0.0161. The molecule has 0 bridgehead atoms. The summed E-state index contributed by atoms with van der Waals surface area (Å²) in [6.07, 6.45) is 3.54. The predicted octanol–water partition coefficient (Wildman–Crippen LogP) is 5.67. The van der Waals surface area contributed by atoms with E-state index in [2.05, 4.69) is 21.0 Å². The predicted molar refractivity (Wildman–Crippen MR) is 143 cm³/mol. The van der Waals surface area contributed by atoms with Crippen LogP contribution in [-0.2, 0) is 11.8 Å². The summed E-state index contributed by atoms with van der Waals surface area (Å²) in [7, 11) is 1.91. The Morgan fingerprint density at radius 2 is 1.83 bits per heavy atom. The second kappa shape index (κ2) is 8.92. The minimum atomic E-state index is -0.526. The number of aryl methyl sites for hydroxylation is 1. The topological polar surface area (TPSA) is 76.4 Å². The zero-order valence-corrected chi connectivity index (χ0v) is 22.2. The average molecular weight is 507 g/mol. The van der Waals surface area contributed by atoms with Crippen LogP contribution in [0.3, 0.4) is 0 Å². The third-order valence-corrected chi connectivity index (χ3v) is 6.72. The molecule has 1 saturated heterocycles. The van der Waals surface area contributed by atoms with Crippen molar-refractivity contribution in [2.45, 2.75) is 52.3 Å². The van der Waals surface area contributed by atoms with Crippen LogP contribution in [0.5, 0.6) is 0 Å². The number of carbonyl (C=O) groups excluding carboxylic acids is 1. The summed E-state index contributed by atoms with van der Waals surface area (Å²) in [6, 6.07) is 9.94. The minimum Gasteiger partial charge on any atom is -0.444 e. The molecule has 8 nitrogen and oxygen atoms in total. The molecule has 1 fully saturated rings. The molecular formula is C27H31ClN6O2. The number of piperazine rings is 1. The van der Waals surface area contributed by atoms with Gasteiger partial charge in [0, 0.05) is 42.7 Å². The van der Waals surface area contributed by atoms with E-state index in [1.54, 1.807) is 4.68 Å². The van der Waals surface area contributed by atoms with E-state index in [4.69, 9.17) is 21.3 Å². The van der Waals surface area contributed by atoms with Crippen LogP contribution in [0.2, 0.25) is 5.02 Å². The molecule has 0 unspecified atom stereocenters. The van der Waals surface area contributed by atoms with E-state index in [1.165, 1.54) is 0 Å². The maximum Gasteiger partial charge on any atom is 0.410 e. The summed E-state index contributed by atoms with van der Waals surface area (Å²) in [6.45, 7) is 11.1. The molecule has 1 aliphatic rings. The van der Waals surface area contributed by atoms with Gasteiger partial charge in [0.05, 0.1) is 40.2 Å². The molecule has 0 saturated carbocycles. The molecule has 0 N–H and O–H groups in total. The Kier molecular flexibility index (Phi) is 6.03. The summed E-state index contributed by atoms with van der Waals surface area (Å²) in [5, 5.41) is 6.88. The summed E-state index contributed by atoms with van der Waals surface area (Å²) in [5.41, 5.74) is 3.70. The summed E-state index contributed by atoms with van der Waals surface area (Å²) in [5.74, 6) is 0. The lowest BCUT2D eigenvalue weighted by atomic mass is 10.1. The number of halogens is 1. The van der Waals surface area contributed by atoms with Crippen molar-refractivity contribution in [3.63, 3.8) is 0 Å². The number of amides is 1. The van der Waals surface area contributed by atoms with Gasteiger partial charge in [-0.1, -0.05) is 17.7 Å². The van der Waals surface area contributed by atoms with Crippen molar-refractivity contribution in [2.75, 3.05) is 18.0 Å². The van der Waals surface area contributed by atoms with E-state index in [1.807, 2.05) is 83.2 Å². The standard InChI is InChI=1S/C27H31ClN6O2/c1-16-13-33(14-17(2)34(16)26(35)36-27(3,4)5)20-10-21-22(28)11-24(30-25(21)29-12-20)18-7-8-23-19(9-18)15-32(6)31-23/h7-12,15-17H,13-14H2,1-6H3/t16-,17+. The number of pyridine rings is 2. The molecule has 0 radical (unpaired) electrons. The monoisotopic (exact) mass is 506 g/mol. The van der Waals surface area contributed by atoms with Crippen LogP contribution in [0.25, 0.3) is 33.2 Å². The lowest BCUT2D eigenvalue weighted by Crippen LogP contribution is -2.59. The Balaban J connectivity index is 1.40. The molecule has 1 aromatic carbocycles. The van der Waals surface area contributed by atoms with Gasteiger partial charge in [0.15, 0.2) is 5.65 Å². The van der Waals surface area contributed by atoms with Gasteiger partial charge in [-0.15, -0.1) is 0 Å². The first-order valence-corrected chi connectivity index (χ1v) is 12.5. The van der Waals surface area contributed by atoms with Crippen LogP contribution in [0.4, 0.5) is 10.5 Å². The zero-order valence-electron chi connectivity index (χ0n) is 21.5. The maximum atomic E-state index is 12.8. The third-order valence-electron chi connectivity index (χ3n) is 6.40. The molecule has 1 amide bonds. The van der Waals surface area contributed by atoms with Crippen LogP contribution in [-0.4, -0.2) is 61.5 Å². The molecule has 5 rings (SSSR count). The van der Waals surface area contributed by atoms with Crippen LogP contribution in [0.15, 0.2) is 42.7 Å². The summed E-state index contributed by atoms with van der Waals surface area (Å²) >= 11 is 6.74. The first-order valence-electron chi connectivity index (χ1n) is 12.1. The van der Waals surface area contributed by atoms with Gasteiger partial charge in [0.2, 0.25) is 0 Å². The second-order valence-corrected chi connectivity index (χ2v) is 11.0. The van der Waals surface area contributed by atoms with Crippen molar-refractivity contribution in [1.29, 1.82) is 0 Å². The van der Waals surface area contributed by atoms with Crippen molar-refractivity contribution in [3.05, 3.63) is 47.7 Å². The quantitative estimate of drug-likeness (QED) is 0.348. The van der Waals surface area contributed by atoms with Crippen molar-refractivity contribution < 1.29 is 9.53 Å². The van der Waals surface area contributed by atoms with Gasteiger partial charge in [0.1, 0.15) is 5.60 Å². The summed E-state index contributed by atoms with van der Waals surface area (Å²) < 4.78 is 7.43. The number of nitrogens with zero attached hydrogens (tertiary/aromatic N) is 6. The van der Waals surface area contributed by atoms with E-state index in [-0.39, 0.29) is 18.2 Å². The zero-order chi connectivity index (χ0) is 25.8. The van der Waals surface area contributed by atoms with Gasteiger partial charge < -0.3 is 9.64 Å². The molecule has 9 heteroatoms. The van der Waals surface area contributed by atoms with Gasteiger partial charge in [-0.05, 0) is 58.9 Å². The molecule has 36 heavy (non-hydrogen) atoms. The van der Waals surface area contributed by atoms with Gasteiger partial charge in [-0.3, -0.25) is 9.58 Å². The normalized spacial score (nSPS) is 18.8. The largest absolute Gasteiger partial charge is 0.444 e. The molecule has 1 aliphatic heterocycles. The number of aromatic nitrogens is 4. The SMILES string of the molecule is C[C@@H]1CN(c2cnc3nc(-c4ccc5nn(C)cc5c4)cc(Cl)c3c2)C[C@H](C)N1C(=O)OC(C)(C)C. The number of fused-ring (bicyclic) bond motifs is 2. The Labute approximate surface area is 215 Å². The van der Waals surface area contributed by atoms with E-state index in [0.29, 0.717) is 23.8 Å². The molecule has 0 aliphatic carbocycles. The van der Waals surface area contributed by atoms with Crippen LogP contribution >= 0.6 is 11.6 Å². The molecule has 4 aromatic rings. The highest BCUT2D eigenvalue weighted by atomic mass is 35.5. The number of hydrogen-bond donors (Lipinski definition) is 0. The molecule has 4 heterocycles. The smallest absolute Gasteiger partial charge is 0.410 e. The Hall–Kier alpha value is -3.39. The maximum absolute atomic E-state index is 12.8. The fourth-order valence-electron chi connectivity index (χ4n) is 4.89. The first-order chi connectivity index (χ1) is 17.0. The highest BCUT2D eigenvalue weighted by molar-refractivity contribution is 6.35. The van der Waals surface area contributed by atoms with Gasteiger partial charge in [-0.25, -0.2) is 14.8 Å². The average Bonchev–Trinajstić information content (AvgIpc) is 3.16. The van der Waals surface area contributed by atoms with E-state index in [9.17, 15) is 4.79 Å². The molecule has 3 aromatic heterocycles. The van der Waals surface area contributed by atoms with Crippen molar-refractivity contribution >= 4 is 45.3 Å².